The smallest absolute Gasteiger partial charge is 0.165 e. The van der Waals surface area contributed by atoms with Crippen molar-refractivity contribution in [2.45, 2.75) is 86.2 Å². The molecule has 0 aliphatic rings. The summed E-state index contributed by atoms with van der Waals surface area (Å²) < 4.78 is 10.9. The molecule has 0 amide bonds. The molecule has 3 unspecified atom stereocenters. The van der Waals surface area contributed by atoms with Crippen LogP contribution in [0, 0.1) is 0 Å². The molecule has 0 aliphatic carbocycles. The first-order chi connectivity index (χ1) is 22.5. The molecule has 50 heavy (non-hydrogen) atoms. The molecule has 0 spiro atoms. The Bertz CT molecular complexity index is 1010. The maximum atomic E-state index is 7.29. The van der Waals surface area contributed by atoms with Crippen LogP contribution in [0.5, 0.6) is 0 Å². The Morgan fingerprint density at radius 3 is 0.940 bits per heavy atom. The van der Waals surface area contributed by atoms with Crippen molar-refractivity contribution in [3.05, 3.63) is 0 Å². The molecule has 3 atom stereocenters. The fourth-order valence-corrected chi connectivity index (χ4v) is 30.8. The SMILES string of the molecule is [B][B]B([B])C(B([B])[B])(B([B])[B]C)[Si](C)(C)O[Si](C)(C)C[B]B([B])C(B([B])[B])(B([B])[B][B])[Si](C)(C)O[Si](C)(C)C(B([B])[B])(B([B])[B][B])B([B])[B]C. The van der Waals surface area contributed by atoms with Crippen molar-refractivity contribution in [1.29, 1.82) is 0 Å². The van der Waals surface area contributed by atoms with Crippen LogP contribution in [0.4, 0.5) is 0 Å². The van der Waals surface area contributed by atoms with Gasteiger partial charge in [-0.2, -0.15) is 0 Å². The number of hydrogen-bond donors (Lipinski definition) is 0. The minimum atomic E-state index is -3.31. The summed E-state index contributed by atoms with van der Waals surface area (Å²) in [6, 6.07) is 0. The highest BCUT2D eigenvalue weighted by Crippen LogP contribution is 2.50. The first-order valence-corrected chi connectivity index (χ1v) is 28.9. The first kappa shape index (κ1) is 52.7. The van der Waals surface area contributed by atoms with Gasteiger partial charge in [-0.1, -0.05) is 5.94 Å². The predicted molar refractivity (Wildman–Crippen MR) is 269 cm³/mol. The molecule has 36 radical (unpaired) electrons. The van der Waals surface area contributed by atoms with E-state index in [2.05, 4.69) is 13.1 Å². The monoisotopic (exact) mass is 674 g/mol. The average molecular weight is 669 g/mol. The minimum Gasteiger partial charge on any atom is -0.458 e. The molecule has 0 fully saturated rings. The molecule has 0 saturated carbocycles. The van der Waals surface area contributed by atoms with Crippen molar-refractivity contribution in [1.82, 2.24) is 0 Å². The molecule has 0 heterocycles. The van der Waals surface area contributed by atoms with E-state index < -0.39 is 106 Å². The topological polar surface area (TPSA) is 18.5 Å². The molecule has 0 aromatic carbocycles. The third kappa shape index (κ3) is 10.1. The van der Waals surface area contributed by atoms with Gasteiger partial charge in [0, 0.05) is 196 Å². The van der Waals surface area contributed by atoms with Crippen molar-refractivity contribution in [2.75, 3.05) is 0 Å². The lowest BCUT2D eigenvalue weighted by Gasteiger charge is -2.63. The molecule has 2 nitrogen and oxygen atoms in total. The zero-order valence-corrected chi connectivity index (χ0v) is 36.3. The van der Waals surface area contributed by atoms with E-state index in [1.165, 1.54) is 21.2 Å². The van der Waals surface area contributed by atoms with Crippen LogP contribution in [-0.4, -0.2) is 250 Å². The Balaban J connectivity index is 7.14. The second-order valence-corrected chi connectivity index (χ2v) is 32.9. The van der Waals surface area contributed by atoms with Gasteiger partial charge >= 0.3 is 0 Å². The van der Waals surface area contributed by atoms with Gasteiger partial charge in [0.05, 0.1) is 21.5 Å². The Morgan fingerprint density at radius 2 is 0.700 bits per heavy atom. The van der Waals surface area contributed by atoms with E-state index in [1.807, 2.05) is 67.3 Å². The van der Waals surface area contributed by atoms with Crippen molar-refractivity contribution in [3.63, 3.8) is 0 Å². The quantitative estimate of drug-likeness (QED) is 0.0955. The molecule has 0 aromatic heterocycles. The highest BCUT2D eigenvalue weighted by atomic mass is 28.4. The van der Waals surface area contributed by atoms with Gasteiger partial charge in [-0.15, -0.1) is 27.9 Å². The number of hydrogen-bond acceptors (Lipinski definition) is 2. The van der Waals surface area contributed by atoms with Crippen molar-refractivity contribution < 1.29 is 8.23 Å². The van der Waals surface area contributed by atoms with Gasteiger partial charge in [0.1, 0.15) is 0 Å². The molecular weight excluding hydrogens is 637 g/mol. The van der Waals surface area contributed by atoms with Gasteiger partial charge in [0.15, 0.2) is 33.3 Å². The summed E-state index contributed by atoms with van der Waals surface area (Å²) in [6.07, 6.45) is 0. The second kappa shape index (κ2) is 20.4. The van der Waals surface area contributed by atoms with Crippen LogP contribution in [0.15, 0.2) is 0 Å². The van der Waals surface area contributed by atoms with E-state index in [0.717, 1.165) is 0 Å². The van der Waals surface area contributed by atoms with E-state index in [-0.39, 0.29) is 0 Å². The highest BCUT2D eigenvalue weighted by Gasteiger charge is 2.62. The molecular formula is C14H32B30O2Si4. The van der Waals surface area contributed by atoms with Crippen LogP contribution in [0.3, 0.4) is 0 Å². The van der Waals surface area contributed by atoms with Gasteiger partial charge < -0.3 is 8.23 Å². The van der Waals surface area contributed by atoms with Crippen molar-refractivity contribution >= 4 is 250 Å². The molecule has 0 rings (SSSR count). The largest absolute Gasteiger partial charge is 0.458 e. The van der Waals surface area contributed by atoms with E-state index in [0.29, 0.717) is 5.94 Å². The molecule has 0 saturated heterocycles. The van der Waals surface area contributed by atoms with Gasteiger partial charge in [-0.25, -0.2) is 0 Å². The zero-order chi connectivity index (χ0) is 40.1. The van der Waals surface area contributed by atoms with Gasteiger partial charge in [0.25, 0.3) is 0 Å². The summed E-state index contributed by atoms with van der Waals surface area (Å²) >= 11 is 0. The van der Waals surface area contributed by atoms with Gasteiger partial charge in [-0.05, 0) is 52.4 Å². The van der Waals surface area contributed by atoms with Gasteiger partial charge in [0.2, 0.25) is 0 Å². The second-order valence-electron chi connectivity index (χ2n) is 15.7. The normalized spacial score (nSPS) is 15.7. The lowest BCUT2D eigenvalue weighted by molar-refractivity contribution is 0.537. The summed E-state index contributed by atoms with van der Waals surface area (Å²) in [6.45, 7) is 12.1. The van der Waals surface area contributed by atoms with Gasteiger partial charge in [-0.3, -0.25) is 0 Å². The predicted octanol–water partition coefficient (Wildman–Crippen LogP) is -6.14. The maximum absolute atomic E-state index is 7.29. The lowest BCUT2D eigenvalue weighted by atomic mass is 8.79. The summed E-state index contributed by atoms with van der Waals surface area (Å²) in [7, 11) is 95.6. The Labute approximate surface area is 342 Å². The molecule has 206 valence electrons. The van der Waals surface area contributed by atoms with Crippen molar-refractivity contribution in [3.8, 4) is 0 Å². The molecule has 0 aliphatic heterocycles. The van der Waals surface area contributed by atoms with E-state index >= 15 is 0 Å². The van der Waals surface area contributed by atoms with Crippen LogP contribution in [-0.2, 0) is 8.23 Å². The Morgan fingerprint density at radius 1 is 0.440 bits per heavy atom. The van der Waals surface area contributed by atoms with E-state index in [9.17, 15) is 0 Å². The van der Waals surface area contributed by atoms with Crippen LogP contribution in [0.1, 0.15) is 0 Å². The summed E-state index contributed by atoms with van der Waals surface area (Å²) in [5.41, 5.74) is 0. The zero-order valence-electron chi connectivity index (χ0n) is 32.3. The third-order valence-corrected chi connectivity index (χ3v) is 30.1. The highest BCUT2D eigenvalue weighted by molar-refractivity contribution is 7.68. The maximum Gasteiger partial charge on any atom is 0.165 e. The summed E-state index contributed by atoms with van der Waals surface area (Å²) in [5.74, 6) is 0.449. The lowest BCUT2D eigenvalue weighted by Crippen LogP contribution is -2.78. The minimum absolute atomic E-state index is 0.449. The molecule has 0 bridgehead atoms. The average Bonchev–Trinajstić information content (AvgIpc) is 2.97. The van der Waals surface area contributed by atoms with Crippen LogP contribution in [0.25, 0.3) is 0 Å². The molecule has 0 aromatic rings. The summed E-state index contributed by atoms with van der Waals surface area (Å²) in [5, 5.41) is 0. The van der Waals surface area contributed by atoms with E-state index in [1.54, 1.807) is 7.17 Å². The van der Waals surface area contributed by atoms with Crippen LogP contribution in [0.2, 0.25) is 86.2 Å². The standard InChI is InChI=1S/C14H32B30O2Si4/c1-30-39(24)12(36(18)19,42(27)33-15)48(5,6)45-47(3,4)11-32-41(26)14(38(22)23,44(29)35-17)50(9,10)46-49(7,8)13(37(20)21,40(25)31-2)43(28)34-16/h11H2,1-10H3. The number of rotatable bonds is 24. The molecule has 0 N–H and O–H groups in total. The third-order valence-electron chi connectivity index (χ3n) is 11.3. The van der Waals surface area contributed by atoms with Crippen molar-refractivity contribution in [2.24, 2.45) is 0 Å². The van der Waals surface area contributed by atoms with Crippen LogP contribution < -0.4 is 0 Å². The summed E-state index contributed by atoms with van der Waals surface area (Å²) in [4.78, 5) is 0. The fourth-order valence-electron chi connectivity index (χ4n) is 8.88. The Hall–Kier alpha value is 2.74. The molecule has 36 heteroatoms. The Kier molecular flexibility index (Phi) is 21.5. The van der Waals surface area contributed by atoms with Crippen LogP contribution >= 0.6 is 0 Å². The fraction of sp³-hybridized carbons (Fsp3) is 1.00. The van der Waals surface area contributed by atoms with E-state index in [4.69, 9.17) is 124 Å². The first-order valence-electron chi connectivity index (χ1n) is 17.1.